The molecule has 2 aromatic rings. The highest BCUT2D eigenvalue weighted by molar-refractivity contribution is 6.31. The number of H-pyrrole nitrogens is 1. The normalized spacial score (nSPS) is 11.7. The fourth-order valence-electron chi connectivity index (χ4n) is 1.80. The van der Waals surface area contributed by atoms with E-state index in [1.807, 2.05) is 0 Å². The average molecular weight is 313 g/mol. The van der Waals surface area contributed by atoms with E-state index in [9.17, 15) is 14.0 Å². The number of amides is 1. The minimum absolute atomic E-state index is 0.0337. The van der Waals surface area contributed by atoms with E-state index in [1.54, 1.807) is 13.8 Å². The molecule has 5 nitrogen and oxygen atoms in total. The quantitative estimate of drug-likeness (QED) is 0.808. The van der Waals surface area contributed by atoms with Gasteiger partial charge in [0.25, 0.3) is 5.91 Å². The van der Waals surface area contributed by atoms with Gasteiger partial charge >= 0.3 is 0 Å². The minimum atomic E-state index is -0.871. The number of fused-ring (bicyclic) bond motifs is 1. The van der Waals surface area contributed by atoms with E-state index >= 15 is 0 Å². The molecule has 0 saturated heterocycles. The lowest BCUT2D eigenvalue weighted by atomic mass is 10.1. The lowest BCUT2D eigenvalue weighted by Crippen LogP contribution is -2.47. The summed E-state index contributed by atoms with van der Waals surface area (Å²) >= 11 is 5.64. The van der Waals surface area contributed by atoms with Crippen molar-refractivity contribution in [3.05, 3.63) is 45.0 Å². The van der Waals surface area contributed by atoms with Crippen LogP contribution in [0.15, 0.2) is 23.1 Å². The first-order valence-corrected chi connectivity index (χ1v) is 6.57. The molecule has 1 aromatic heterocycles. The number of benzene rings is 1. The van der Waals surface area contributed by atoms with Gasteiger partial charge in [0.1, 0.15) is 11.4 Å². The third-order valence-corrected chi connectivity index (χ3v) is 3.30. The van der Waals surface area contributed by atoms with Crippen LogP contribution in [0.4, 0.5) is 4.39 Å². The molecule has 1 heterocycles. The van der Waals surface area contributed by atoms with Gasteiger partial charge in [-0.1, -0.05) is 11.6 Å². The molecule has 7 heteroatoms. The first kappa shape index (κ1) is 15.5. The molecule has 112 valence electrons. The molecule has 3 N–H and O–H groups in total. The molecular weight excluding hydrogens is 299 g/mol. The monoisotopic (exact) mass is 312 g/mol. The van der Waals surface area contributed by atoms with Crippen molar-refractivity contribution in [3.8, 4) is 0 Å². The summed E-state index contributed by atoms with van der Waals surface area (Å²) in [6.07, 6.45) is 1.24. The summed E-state index contributed by atoms with van der Waals surface area (Å²) in [6, 6.07) is 2.28. The first-order valence-electron chi connectivity index (χ1n) is 6.19. The standard InChI is InChI=1S/C14H14ClFN2O3/c1-14(2,6-19)18-13(21)8-5-17-11-4-9(15)10(16)3-7(11)12(8)20/h3-5,19H,6H2,1-2H3,(H,17,20)(H,18,21). The van der Waals surface area contributed by atoms with Crippen molar-refractivity contribution < 1.29 is 14.3 Å². The van der Waals surface area contributed by atoms with Crippen LogP contribution in [0.1, 0.15) is 24.2 Å². The topological polar surface area (TPSA) is 82.2 Å². The lowest BCUT2D eigenvalue weighted by molar-refractivity contribution is 0.0868. The van der Waals surface area contributed by atoms with Crippen LogP contribution in [0.3, 0.4) is 0 Å². The van der Waals surface area contributed by atoms with Crippen molar-refractivity contribution >= 4 is 28.4 Å². The molecule has 0 spiro atoms. The molecule has 0 aliphatic carbocycles. The predicted octanol–water partition coefficient (Wildman–Crippen LogP) is 1.82. The van der Waals surface area contributed by atoms with Gasteiger partial charge in [-0.05, 0) is 26.0 Å². The molecule has 0 atom stereocenters. The van der Waals surface area contributed by atoms with Gasteiger partial charge in [0.05, 0.1) is 22.7 Å². The first-order chi connectivity index (χ1) is 9.75. The highest BCUT2D eigenvalue weighted by Gasteiger charge is 2.22. The molecule has 2 rings (SSSR count). The number of aromatic amines is 1. The lowest BCUT2D eigenvalue weighted by Gasteiger charge is -2.23. The van der Waals surface area contributed by atoms with Crippen molar-refractivity contribution in [2.24, 2.45) is 0 Å². The van der Waals surface area contributed by atoms with Crippen LogP contribution in [0, 0.1) is 5.82 Å². The second-order valence-electron chi connectivity index (χ2n) is 5.34. The Bertz CT molecular complexity index is 771. The van der Waals surface area contributed by atoms with Crippen LogP contribution in [0.25, 0.3) is 10.9 Å². The van der Waals surface area contributed by atoms with E-state index in [1.165, 1.54) is 12.3 Å². The summed E-state index contributed by atoms with van der Waals surface area (Å²) in [6.45, 7) is 2.94. The second kappa shape index (κ2) is 5.46. The van der Waals surface area contributed by atoms with Crippen molar-refractivity contribution in [2.75, 3.05) is 6.61 Å². The third kappa shape index (κ3) is 3.06. The number of nitrogens with one attached hydrogen (secondary N) is 2. The molecule has 1 amide bonds. The number of pyridine rings is 1. The molecule has 0 saturated carbocycles. The van der Waals surface area contributed by atoms with E-state index in [2.05, 4.69) is 10.3 Å². The van der Waals surface area contributed by atoms with Gasteiger partial charge in [-0.2, -0.15) is 0 Å². The average Bonchev–Trinajstić information content (AvgIpc) is 2.41. The van der Waals surface area contributed by atoms with Gasteiger partial charge in [-0.3, -0.25) is 9.59 Å². The van der Waals surface area contributed by atoms with Gasteiger partial charge in [0, 0.05) is 11.6 Å². The zero-order valence-corrected chi connectivity index (χ0v) is 12.2. The molecular formula is C14H14ClFN2O3. The van der Waals surface area contributed by atoms with E-state index in [-0.39, 0.29) is 22.6 Å². The SMILES string of the molecule is CC(C)(CO)NC(=O)c1c[nH]c2cc(Cl)c(F)cc2c1=O. The van der Waals surface area contributed by atoms with Crippen LogP contribution in [0.5, 0.6) is 0 Å². The zero-order chi connectivity index (χ0) is 15.8. The van der Waals surface area contributed by atoms with Gasteiger partial charge in [-0.15, -0.1) is 0 Å². The molecule has 0 fully saturated rings. The highest BCUT2D eigenvalue weighted by Crippen LogP contribution is 2.19. The van der Waals surface area contributed by atoms with Gasteiger partial charge < -0.3 is 15.4 Å². The van der Waals surface area contributed by atoms with Crippen molar-refractivity contribution in [2.45, 2.75) is 19.4 Å². The van der Waals surface area contributed by atoms with Crippen LogP contribution in [0.2, 0.25) is 5.02 Å². The number of halogens is 2. The van der Waals surface area contributed by atoms with Crippen LogP contribution < -0.4 is 10.7 Å². The summed E-state index contributed by atoms with van der Waals surface area (Å²) in [5, 5.41) is 11.6. The van der Waals surface area contributed by atoms with Gasteiger partial charge in [0.2, 0.25) is 5.43 Å². The Morgan fingerprint density at radius 1 is 1.48 bits per heavy atom. The number of aliphatic hydroxyl groups excluding tert-OH is 1. The van der Waals surface area contributed by atoms with Crippen LogP contribution in [-0.2, 0) is 0 Å². The summed E-state index contributed by atoms with van der Waals surface area (Å²) in [4.78, 5) is 27.1. The number of rotatable bonds is 3. The largest absolute Gasteiger partial charge is 0.394 e. The van der Waals surface area contributed by atoms with E-state index in [0.29, 0.717) is 5.52 Å². The highest BCUT2D eigenvalue weighted by atomic mass is 35.5. The fraction of sp³-hybridized carbons (Fsp3) is 0.286. The molecule has 0 aliphatic rings. The number of aromatic nitrogens is 1. The van der Waals surface area contributed by atoms with Crippen molar-refractivity contribution in [3.63, 3.8) is 0 Å². The Morgan fingerprint density at radius 2 is 2.14 bits per heavy atom. The molecule has 0 unspecified atom stereocenters. The Labute approximate surface area is 124 Å². The number of aliphatic hydroxyl groups is 1. The van der Waals surface area contributed by atoms with Crippen LogP contribution in [-0.4, -0.2) is 28.1 Å². The number of hydrogen-bond donors (Lipinski definition) is 3. The Hall–Kier alpha value is -1.92. The molecule has 0 radical (unpaired) electrons. The Balaban J connectivity index is 2.52. The number of carbonyl (C=O) groups excluding carboxylic acids is 1. The van der Waals surface area contributed by atoms with E-state index in [0.717, 1.165) is 6.07 Å². The van der Waals surface area contributed by atoms with Crippen molar-refractivity contribution in [1.29, 1.82) is 0 Å². The maximum absolute atomic E-state index is 13.5. The molecule has 1 aromatic carbocycles. The van der Waals surface area contributed by atoms with E-state index in [4.69, 9.17) is 16.7 Å². The van der Waals surface area contributed by atoms with Gasteiger partial charge in [0.15, 0.2) is 0 Å². The predicted molar refractivity (Wildman–Crippen MR) is 78.2 cm³/mol. The van der Waals surface area contributed by atoms with Gasteiger partial charge in [-0.25, -0.2) is 4.39 Å². The Morgan fingerprint density at radius 3 is 2.76 bits per heavy atom. The summed E-state index contributed by atoms with van der Waals surface area (Å²) < 4.78 is 13.5. The van der Waals surface area contributed by atoms with Crippen molar-refractivity contribution in [1.82, 2.24) is 10.3 Å². The Kier molecular flexibility index (Phi) is 4.02. The van der Waals surface area contributed by atoms with Crippen LogP contribution >= 0.6 is 11.6 Å². The smallest absolute Gasteiger partial charge is 0.257 e. The third-order valence-electron chi connectivity index (χ3n) is 3.01. The minimum Gasteiger partial charge on any atom is -0.394 e. The maximum atomic E-state index is 13.5. The molecule has 0 bridgehead atoms. The number of hydrogen-bond acceptors (Lipinski definition) is 3. The summed E-state index contributed by atoms with van der Waals surface area (Å²) in [7, 11) is 0. The summed E-state index contributed by atoms with van der Waals surface area (Å²) in [5.74, 6) is -1.38. The number of carbonyl (C=O) groups is 1. The maximum Gasteiger partial charge on any atom is 0.257 e. The second-order valence-corrected chi connectivity index (χ2v) is 5.75. The molecule has 0 aliphatic heterocycles. The molecule has 21 heavy (non-hydrogen) atoms. The fourth-order valence-corrected chi connectivity index (χ4v) is 1.96. The zero-order valence-electron chi connectivity index (χ0n) is 11.5. The summed E-state index contributed by atoms with van der Waals surface area (Å²) in [5.41, 5.74) is -1.30. The van der Waals surface area contributed by atoms with E-state index < -0.39 is 22.7 Å².